The average molecular weight is 637 g/mol. The number of halogens is 5. The number of alkyl halides is 4. The van der Waals surface area contributed by atoms with Crippen molar-refractivity contribution in [3.63, 3.8) is 0 Å². The van der Waals surface area contributed by atoms with Crippen LogP contribution in [-0.2, 0) is 11.7 Å². The van der Waals surface area contributed by atoms with E-state index in [9.17, 15) is 27.2 Å². The van der Waals surface area contributed by atoms with Crippen molar-refractivity contribution in [2.75, 3.05) is 32.6 Å². The van der Waals surface area contributed by atoms with E-state index in [1.54, 1.807) is 33.0 Å². The molecule has 2 amide bonds. The number of anilines is 2. The summed E-state index contributed by atoms with van der Waals surface area (Å²) in [4.78, 5) is 35.2. The van der Waals surface area contributed by atoms with Gasteiger partial charge in [0.15, 0.2) is 0 Å². The molecule has 0 radical (unpaired) electrons. The molecule has 0 spiro atoms. The summed E-state index contributed by atoms with van der Waals surface area (Å²) >= 11 is 6.40. The van der Waals surface area contributed by atoms with Crippen molar-refractivity contribution in [1.29, 1.82) is 0 Å². The van der Waals surface area contributed by atoms with Crippen LogP contribution in [0.5, 0.6) is 17.4 Å². The number of likely N-dealkylation sites (tertiary alicyclic amines) is 1. The molecule has 44 heavy (non-hydrogen) atoms. The maximum Gasteiger partial charge on any atom is 0.423 e. The lowest BCUT2D eigenvalue weighted by molar-refractivity contribution is -0.139. The minimum Gasteiger partial charge on any atom is -0.495 e. The van der Waals surface area contributed by atoms with Gasteiger partial charge in [-0.3, -0.25) is 9.59 Å². The zero-order chi connectivity index (χ0) is 32.0. The first-order chi connectivity index (χ1) is 20.7. The minimum atomic E-state index is -4.88. The van der Waals surface area contributed by atoms with E-state index in [0.717, 1.165) is 0 Å². The maximum atomic E-state index is 14.5. The molecule has 234 valence electrons. The van der Waals surface area contributed by atoms with E-state index in [1.165, 1.54) is 25.3 Å². The number of piperidine rings is 1. The number of carbonyl (C=O) groups is 2. The van der Waals surface area contributed by atoms with Crippen LogP contribution in [0.1, 0.15) is 52.1 Å². The Morgan fingerprint density at radius 3 is 2.66 bits per heavy atom. The van der Waals surface area contributed by atoms with E-state index in [0.29, 0.717) is 24.7 Å². The summed E-state index contributed by atoms with van der Waals surface area (Å²) in [5.74, 6) is -2.30. The Morgan fingerprint density at radius 2 is 1.98 bits per heavy atom. The van der Waals surface area contributed by atoms with Crippen LogP contribution in [0.4, 0.5) is 29.2 Å². The summed E-state index contributed by atoms with van der Waals surface area (Å²) < 4.78 is 67.3. The SMILES string of the molecule is COc1cc(C(=O)N[C@H]2CCN(C)C[C@H]2F)c(Cl)cc1Nc1ncc(C(F)(F)F)c(Oc2cccc3c2C(=O)NC3(C)C)n1. The number of aromatic nitrogens is 2. The molecule has 0 saturated carbocycles. The molecule has 0 unspecified atom stereocenters. The summed E-state index contributed by atoms with van der Waals surface area (Å²) in [7, 11) is 3.11. The highest BCUT2D eigenvalue weighted by Gasteiger charge is 2.40. The van der Waals surface area contributed by atoms with E-state index >= 15 is 0 Å². The molecule has 3 aromatic rings. The summed E-state index contributed by atoms with van der Waals surface area (Å²) in [5, 5.41) is 8.15. The first-order valence-electron chi connectivity index (χ1n) is 13.5. The number of hydrogen-bond acceptors (Lipinski definition) is 8. The van der Waals surface area contributed by atoms with Crippen molar-refractivity contribution in [3.05, 3.63) is 63.8 Å². The predicted molar refractivity (Wildman–Crippen MR) is 154 cm³/mol. The molecule has 2 aromatic carbocycles. The highest BCUT2D eigenvalue weighted by atomic mass is 35.5. The zero-order valence-electron chi connectivity index (χ0n) is 24.1. The van der Waals surface area contributed by atoms with Gasteiger partial charge in [0.05, 0.1) is 40.5 Å². The number of methoxy groups -OCH3 is 1. The van der Waals surface area contributed by atoms with Crippen LogP contribution in [-0.4, -0.2) is 66.1 Å². The van der Waals surface area contributed by atoms with Gasteiger partial charge in [0.1, 0.15) is 23.2 Å². The van der Waals surface area contributed by atoms with Gasteiger partial charge in [-0.25, -0.2) is 9.37 Å². The van der Waals surface area contributed by atoms with Crippen LogP contribution in [0.3, 0.4) is 0 Å². The van der Waals surface area contributed by atoms with Crippen LogP contribution >= 0.6 is 11.6 Å². The highest BCUT2D eigenvalue weighted by molar-refractivity contribution is 6.34. The number of amides is 2. The molecular weight excluding hydrogens is 608 g/mol. The zero-order valence-corrected chi connectivity index (χ0v) is 24.9. The fraction of sp³-hybridized carbons (Fsp3) is 0.379. The Hall–Kier alpha value is -4.17. The molecule has 3 heterocycles. The topological polar surface area (TPSA) is 118 Å². The van der Waals surface area contributed by atoms with Crippen molar-refractivity contribution in [2.24, 2.45) is 0 Å². The molecule has 10 nitrogen and oxygen atoms in total. The van der Waals surface area contributed by atoms with E-state index in [1.807, 2.05) is 4.90 Å². The minimum absolute atomic E-state index is 0.0108. The Labute approximate surface area is 255 Å². The lowest BCUT2D eigenvalue weighted by Crippen LogP contribution is -2.51. The number of nitrogens with zero attached hydrogens (tertiary/aromatic N) is 3. The number of rotatable bonds is 7. The molecule has 2 aliphatic rings. The van der Waals surface area contributed by atoms with Gasteiger partial charge in [-0.05, 0) is 51.1 Å². The monoisotopic (exact) mass is 636 g/mol. The third-order valence-electron chi connectivity index (χ3n) is 7.46. The second kappa shape index (κ2) is 11.7. The summed E-state index contributed by atoms with van der Waals surface area (Å²) in [6, 6.07) is 6.56. The van der Waals surface area contributed by atoms with Crippen molar-refractivity contribution >= 4 is 35.1 Å². The Morgan fingerprint density at radius 1 is 1.23 bits per heavy atom. The Balaban J connectivity index is 1.44. The van der Waals surface area contributed by atoms with Crippen molar-refractivity contribution in [2.45, 2.75) is 44.2 Å². The second-order valence-electron chi connectivity index (χ2n) is 11.1. The van der Waals surface area contributed by atoms with Gasteiger partial charge in [0, 0.05) is 19.3 Å². The average Bonchev–Trinajstić information content (AvgIpc) is 3.18. The van der Waals surface area contributed by atoms with Gasteiger partial charge in [-0.1, -0.05) is 23.7 Å². The molecule has 2 atom stereocenters. The smallest absolute Gasteiger partial charge is 0.423 e. The van der Waals surface area contributed by atoms with Crippen molar-refractivity contribution in [3.8, 4) is 17.4 Å². The van der Waals surface area contributed by atoms with Crippen molar-refractivity contribution in [1.82, 2.24) is 25.5 Å². The van der Waals surface area contributed by atoms with Crippen LogP contribution in [0.15, 0.2) is 36.5 Å². The van der Waals surface area contributed by atoms with Gasteiger partial charge in [-0.2, -0.15) is 18.2 Å². The van der Waals surface area contributed by atoms with Gasteiger partial charge in [0.25, 0.3) is 11.8 Å². The molecule has 1 fully saturated rings. The number of carbonyl (C=O) groups excluding carboxylic acids is 2. The first-order valence-corrected chi connectivity index (χ1v) is 13.9. The highest BCUT2D eigenvalue weighted by Crippen LogP contribution is 2.42. The largest absolute Gasteiger partial charge is 0.495 e. The lowest BCUT2D eigenvalue weighted by Gasteiger charge is -2.32. The second-order valence-corrected chi connectivity index (χ2v) is 11.5. The lowest BCUT2D eigenvalue weighted by atomic mass is 9.94. The molecule has 0 aliphatic carbocycles. The quantitative estimate of drug-likeness (QED) is 0.294. The molecule has 0 bridgehead atoms. The summed E-state index contributed by atoms with van der Waals surface area (Å²) in [5.41, 5.74) is -1.23. The van der Waals surface area contributed by atoms with E-state index < -0.39 is 47.2 Å². The summed E-state index contributed by atoms with van der Waals surface area (Å²) in [6.07, 6.45) is -5.18. The molecular formula is C29H29ClF4N6O4. The van der Waals surface area contributed by atoms with Crippen LogP contribution in [0.2, 0.25) is 5.02 Å². The predicted octanol–water partition coefficient (Wildman–Crippen LogP) is 5.44. The van der Waals surface area contributed by atoms with E-state index in [-0.39, 0.29) is 45.8 Å². The van der Waals surface area contributed by atoms with Crippen molar-refractivity contribution < 1.29 is 36.6 Å². The first kappa shape index (κ1) is 31.3. The number of hydrogen-bond donors (Lipinski definition) is 3. The standard InChI is InChI=1S/C29H29ClF4N6O4/c1-28(2)15-6-5-7-21(23(15)25(42)39-28)44-26-16(29(32,33)34)12-35-27(38-26)37-20-11-17(30)14(10-22(20)43-4)24(41)36-19-8-9-40(3)13-18(19)31/h5-7,10-12,18-19H,8-9,13H2,1-4H3,(H,36,41)(H,39,42)(H,35,37,38)/t18-,19+/m1/s1. The van der Waals surface area contributed by atoms with Crippen LogP contribution in [0.25, 0.3) is 0 Å². The fourth-order valence-corrected chi connectivity index (χ4v) is 5.42. The Bertz CT molecular complexity index is 1620. The fourth-order valence-electron chi connectivity index (χ4n) is 5.17. The number of nitrogens with one attached hydrogen (secondary N) is 3. The molecule has 3 N–H and O–H groups in total. The Kier molecular flexibility index (Phi) is 8.33. The number of fused-ring (bicyclic) bond motifs is 1. The molecule has 1 aromatic heterocycles. The number of benzene rings is 2. The summed E-state index contributed by atoms with van der Waals surface area (Å²) in [6.45, 7) is 4.31. The normalized spacial score (nSPS) is 19.6. The molecule has 1 saturated heterocycles. The third-order valence-corrected chi connectivity index (χ3v) is 7.77. The van der Waals surface area contributed by atoms with Gasteiger partial charge in [-0.15, -0.1) is 0 Å². The van der Waals surface area contributed by atoms with E-state index in [2.05, 4.69) is 25.9 Å². The molecule has 15 heteroatoms. The molecule has 2 aliphatic heterocycles. The van der Waals surface area contributed by atoms with Crippen LogP contribution < -0.4 is 25.4 Å². The molecule has 5 rings (SSSR count). The van der Waals surface area contributed by atoms with Gasteiger partial charge >= 0.3 is 6.18 Å². The van der Waals surface area contributed by atoms with Gasteiger partial charge < -0.3 is 30.3 Å². The van der Waals surface area contributed by atoms with E-state index in [4.69, 9.17) is 21.1 Å². The third kappa shape index (κ3) is 6.22. The van der Waals surface area contributed by atoms with Gasteiger partial charge in [0.2, 0.25) is 11.8 Å². The maximum absolute atomic E-state index is 14.5. The number of ether oxygens (including phenoxy) is 2. The van der Waals surface area contributed by atoms with Crippen LogP contribution in [0, 0.1) is 0 Å².